The van der Waals surface area contributed by atoms with Gasteiger partial charge in [-0.2, -0.15) is 0 Å². The molecule has 0 spiro atoms. The number of hydrogen-bond acceptors (Lipinski definition) is 5. The molecule has 8 heteroatoms. The second kappa shape index (κ2) is 8.81. The zero-order valence-corrected chi connectivity index (χ0v) is 13.7. The number of ether oxygens (including phenoxy) is 1. The van der Waals surface area contributed by atoms with E-state index in [1.165, 1.54) is 7.11 Å². The third kappa shape index (κ3) is 5.95. The summed E-state index contributed by atoms with van der Waals surface area (Å²) >= 11 is 0. The highest BCUT2D eigenvalue weighted by Gasteiger charge is 2.31. The Hall–Kier alpha value is -0.370. The molecule has 2 atom stereocenters. The summed E-state index contributed by atoms with van der Waals surface area (Å²) < 4.78 is 28.2. The highest BCUT2D eigenvalue weighted by atomic mass is 35.5. The molecule has 1 fully saturated rings. The number of likely N-dealkylation sites (tertiary alicyclic amines) is 1. The number of carbonyl (C=O) groups excluding carboxylic acids is 1. The smallest absolute Gasteiger partial charge is 0.238 e. The van der Waals surface area contributed by atoms with Crippen molar-refractivity contribution in [3.05, 3.63) is 0 Å². The molecule has 0 aliphatic carbocycles. The average molecular weight is 329 g/mol. The van der Waals surface area contributed by atoms with Gasteiger partial charge in [0.2, 0.25) is 5.91 Å². The number of carbonyl (C=O) groups is 1. The van der Waals surface area contributed by atoms with Crippen molar-refractivity contribution in [1.82, 2.24) is 4.90 Å². The topological polar surface area (TPSA) is 89.7 Å². The van der Waals surface area contributed by atoms with Crippen LogP contribution in [0.15, 0.2) is 0 Å². The lowest BCUT2D eigenvalue weighted by atomic mass is 9.92. The zero-order valence-electron chi connectivity index (χ0n) is 12.1. The number of rotatable bonds is 6. The summed E-state index contributed by atoms with van der Waals surface area (Å²) in [6, 6.07) is -0.0334. The number of piperidine rings is 1. The summed E-state index contributed by atoms with van der Waals surface area (Å²) in [4.78, 5) is 13.7. The van der Waals surface area contributed by atoms with Crippen LogP contribution in [0.25, 0.3) is 0 Å². The van der Waals surface area contributed by atoms with E-state index in [1.807, 2.05) is 0 Å². The number of halogens is 1. The Morgan fingerprint density at radius 2 is 2.10 bits per heavy atom. The van der Waals surface area contributed by atoms with Crippen LogP contribution in [0, 0.1) is 5.92 Å². The normalized spacial score (nSPS) is 23.2. The molecule has 0 aromatic rings. The Morgan fingerprint density at radius 1 is 1.45 bits per heavy atom. The van der Waals surface area contributed by atoms with Crippen molar-refractivity contribution < 1.29 is 17.9 Å². The number of amides is 1. The highest BCUT2D eigenvalue weighted by molar-refractivity contribution is 7.92. The van der Waals surface area contributed by atoms with Crippen LogP contribution in [0.5, 0.6) is 0 Å². The van der Waals surface area contributed by atoms with Crippen molar-refractivity contribution in [1.29, 1.82) is 0 Å². The van der Waals surface area contributed by atoms with Crippen molar-refractivity contribution >= 4 is 28.2 Å². The first-order valence-corrected chi connectivity index (χ1v) is 8.40. The quantitative estimate of drug-likeness (QED) is 0.744. The summed E-state index contributed by atoms with van der Waals surface area (Å²) in [5.41, 5.74) is 5.67. The Morgan fingerprint density at radius 3 is 2.65 bits per heavy atom. The lowest BCUT2D eigenvalue weighted by Gasteiger charge is -2.38. The Bertz CT molecular complexity index is 402. The van der Waals surface area contributed by atoms with Crippen molar-refractivity contribution in [3.8, 4) is 0 Å². The minimum atomic E-state index is -3.39. The Labute approximate surface area is 127 Å². The van der Waals surface area contributed by atoms with E-state index in [0.29, 0.717) is 19.0 Å². The van der Waals surface area contributed by atoms with E-state index >= 15 is 0 Å². The van der Waals surface area contributed by atoms with Crippen LogP contribution in [-0.4, -0.2) is 63.6 Å². The van der Waals surface area contributed by atoms with Crippen LogP contribution >= 0.6 is 12.4 Å². The molecule has 0 bridgehead atoms. The van der Waals surface area contributed by atoms with Gasteiger partial charge in [0.05, 0.1) is 12.4 Å². The molecule has 0 saturated carbocycles. The number of sulfone groups is 1. The minimum Gasteiger partial charge on any atom is -0.384 e. The van der Waals surface area contributed by atoms with Crippen molar-refractivity contribution in [3.63, 3.8) is 0 Å². The highest BCUT2D eigenvalue weighted by Crippen LogP contribution is 2.22. The number of nitrogens with two attached hydrogens (primary N) is 1. The van der Waals surface area contributed by atoms with Gasteiger partial charge in [0.25, 0.3) is 0 Å². The van der Waals surface area contributed by atoms with Gasteiger partial charge >= 0.3 is 0 Å². The predicted molar refractivity (Wildman–Crippen MR) is 80.7 cm³/mol. The molecule has 1 heterocycles. The van der Waals surface area contributed by atoms with Crippen molar-refractivity contribution in [2.45, 2.75) is 25.8 Å². The molecule has 1 amide bonds. The third-order valence-electron chi connectivity index (χ3n) is 3.51. The van der Waals surface area contributed by atoms with Gasteiger partial charge in [-0.15, -0.1) is 12.4 Å². The molecular weight excluding hydrogens is 304 g/mol. The SMILES string of the molecule is COCCS(=O)(=O)CC(=O)N1CCC(C)CC1CN.Cl. The van der Waals surface area contributed by atoms with Crippen LogP contribution < -0.4 is 5.73 Å². The molecule has 1 saturated heterocycles. The summed E-state index contributed by atoms with van der Waals surface area (Å²) in [6.45, 7) is 3.22. The first-order valence-electron chi connectivity index (χ1n) is 6.58. The number of nitrogens with zero attached hydrogens (tertiary/aromatic N) is 1. The molecule has 0 radical (unpaired) electrons. The van der Waals surface area contributed by atoms with Crippen LogP contribution in [0.4, 0.5) is 0 Å². The lowest BCUT2D eigenvalue weighted by Crippen LogP contribution is -2.51. The standard InChI is InChI=1S/C12H24N2O4S.ClH/c1-10-3-4-14(11(7-10)8-13)12(15)9-19(16,17)6-5-18-2;/h10-11H,3-9,13H2,1-2H3;1H. The van der Waals surface area contributed by atoms with Crippen LogP contribution in [0.2, 0.25) is 0 Å². The second-order valence-corrected chi connectivity index (χ2v) is 7.38. The van der Waals surface area contributed by atoms with Crippen molar-refractivity contribution in [2.24, 2.45) is 11.7 Å². The fourth-order valence-electron chi connectivity index (χ4n) is 2.36. The van der Waals surface area contributed by atoms with Gasteiger partial charge in [-0.1, -0.05) is 6.92 Å². The molecule has 20 heavy (non-hydrogen) atoms. The molecule has 6 nitrogen and oxygen atoms in total. The summed E-state index contributed by atoms with van der Waals surface area (Å²) in [6.07, 6.45) is 1.75. The van der Waals surface area contributed by atoms with Crippen LogP contribution in [-0.2, 0) is 19.4 Å². The Kier molecular flexibility index (Phi) is 8.65. The van der Waals surface area contributed by atoms with Gasteiger partial charge < -0.3 is 15.4 Å². The lowest BCUT2D eigenvalue weighted by molar-refractivity contribution is -0.132. The van der Waals surface area contributed by atoms with E-state index in [2.05, 4.69) is 6.92 Å². The van der Waals surface area contributed by atoms with E-state index in [-0.39, 0.29) is 36.7 Å². The third-order valence-corrected chi connectivity index (χ3v) is 4.99. The molecule has 0 aromatic heterocycles. The first-order chi connectivity index (χ1) is 8.89. The summed E-state index contributed by atoms with van der Waals surface area (Å²) in [5.74, 6) is -0.366. The van der Waals surface area contributed by atoms with E-state index < -0.39 is 15.6 Å². The fourth-order valence-corrected chi connectivity index (χ4v) is 3.46. The van der Waals surface area contributed by atoms with Gasteiger partial charge in [-0.3, -0.25) is 4.79 Å². The maximum Gasteiger partial charge on any atom is 0.238 e. The number of methoxy groups -OCH3 is 1. The van der Waals surface area contributed by atoms with E-state index in [4.69, 9.17) is 10.5 Å². The largest absolute Gasteiger partial charge is 0.384 e. The molecule has 1 aliphatic rings. The van der Waals surface area contributed by atoms with Gasteiger partial charge in [0.15, 0.2) is 9.84 Å². The maximum atomic E-state index is 12.1. The second-order valence-electron chi connectivity index (χ2n) is 5.19. The van der Waals surface area contributed by atoms with Gasteiger partial charge in [-0.05, 0) is 18.8 Å². The average Bonchev–Trinajstić information content (AvgIpc) is 2.35. The molecule has 1 rings (SSSR count). The van der Waals surface area contributed by atoms with Crippen molar-refractivity contribution in [2.75, 3.05) is 38.3 Å². The van der Waals surface area contributed by atoms with Crippen LogP contribution in [0.3, 0.4) is 0 Å². The minimum absolute atomic E-state index is 0. The van der Waals surface area contributed by atoms with Gasteiger partial charge in [0, 0.05) is 26.2 Å². The zero-order chi connectivity index (χ0) is 14.5. The maximum absolute atomic E-state index is 12.1. The van der Waals surface area contributed by atoms with Gasteiger partial charge in [-0.25, -0.2) is 8.42 Å². The molecule has 1 aliphatic heterocycles. The molecular formula is C12H25ClN2O4S. The fraction of sp³-hybridized carbons (Fsp3) is 0.917. The van der Waals surface area contributed by atoms with Gasteiger partial charge in [0.1, 0.15) is 5.75 Å². The summed E-state index contributed by atoms with van der Waals surface area (Å²) in [7, 11) is -1.96. The van der Waals surface area contributed by atoms with Crippen LogP contribution in [0.1, 0.15) is 19.8 Å². The molecule has 2 N–H and O–H groups in total. The van der Waals surface area contributed by atoms with E-state index in [1.54, 1.807) is 4.90 Å². The monoisotopic (exact) mass is 328 g/mol. The first kappa shape index (κ1) is 19.6. The Balaban J connectivity index is 0.00000361. The molecule has 2 unspecified atom stereocenters. The number of hydrogen-bond donors (Lipinski definition) is 1. The van der Waals surface area contributed by atoms with E-state index in [0.717, 1.165) is 12.8 Å². The van der Waals surface area contributed by atoms with E-state index in [9.17, 15) is 13.2 Å². The molecule has 0 aromatic carbocycles. The summed E-state index contributed by atoms with van der Waals surface area (Å²) in [5, 5.41) is 0. The molecule has 120 valence electrons. The predicted octanol–water partition coefficient (Wildman–Crippen LogP) is 0.0552.